The van der Waals surface area contributed by atoms with Crippen molar-refractivity contribution in [1.29, 1.82) is 0 Å². The lowest BCUT2D eigenvalue weighted by molar-refractivity contribution is 0.256. The number of fused-ring (bicyclic) bond motifs is 1. The number of benzene rings is 1. The third-order valence-corrected chi connectivity index (χ3v) is 5.33. The van der Waals surface area contributed by atoms with Gasteiger partial charge in [-0.3, -0.25) is 0 Å². The Labute approximate surface area is 139 Å². The molecule has 1 heterocycles. The first-order valence-electron chi connectivity index (χ1n) is 8.41. The number of allylic oxidation sites excluding steroid dienone is 3. The quantitative estimate of drug-likeness (QED) is 0.675. The average Bonchev–Trinajstić information content (AvgIpc) is 2.82. The van der Waals surface area contributed by atoms with Crippen molar-refractivity contribution in [2.45, 2.75) is 33.6 Å². The smallest absolute Gasteiger partial charge is 0.119 e. The molecular weight excluding hydrogens is 282 g/mol. The molecule has 2 nitrogen and oxygen atoms in total. The largest absolute Gasteiger partial charge is 0.497 e. The van der Waals surface area contributed by atoms with Gasteiger partial charge in [-0.1, -0.05) is 31.6 Å². The van der Waals surface area contributed by atoms with Gasteiger partial charge in [-0.25, -0.2) is 0 Å². The molecule has 1 aromatic carbocycles. The van der Waals surface area contributed by atoms with Gasteiger partial charge in [0.15, 0.2) is 0 Å². The number of aromatic nitrogens is 1. The third-order valence-electron chi connectivity index (χ3n) is 5.33. The zero-order valence-corrected chi connectivity index (χ0v) is 14.9. The summed E-state index contributed by atoms with van der Waals surface area (Å²) in [6, 6.07) is 8.49. The zero-order chi connectivity index (χ0) is 16.6. The van der Waals surface area contributed by atoms with Crippen molar-refractivity contribution in [3.05, 3.63) is 47.7 Å². The maximum atomic E-state index is 5.33. The van der Waals surface area contributed by atoms with Gasteiger partial charge >= 0.3 is 0 Å². The van der Waals surface area contributed by atoms with Crippen LogP contribution in [0, 0.1) is 11.3 Å². The van der Waals surface area contributed by atoms with Crippen LogP contribution in [0.5, 0.6) is 5.75 Å². The number of ether oxygens (including phenoxy) is 1. The van der Waals surface area contributed by atoms with Crippen LogP contribution in [0.25, 0.3) is 17.0 Å². The summed E-state index contributed by atoms with van der Waals surface area (Å²) in [5.41, 5.74) is 4.31. The number of rotatable bonds is 3. The number of hydrogen-bond donors (Lipinski definition) is 0. The normalized spacial score (nSPS) is 20.9. The molecule has 0 fully saturated rings. The van der Waals surface area contributed by atoms with Crippen molar-refractivity contribution >= 4 is 17.0 Å². The molecule has 1 aliphatic carbocycles. The Hall–Kier alpha value is -1.96. The molecule has 0 saturated heterocycles. The van der Waals surface area contributed by atoms with Crippen LogP contribution in [0.4, 0.5) is 0 Å². The van der Waals surface area contributed by atoms with Gasteiger partial charge in [0.05, 0.1) is 7.11 Å². The van der Waals surface area contributed by atoms with Gasteiger partial charge in [-0.05, 0) is 55.5 Å². The van der Waals surface area contributed by atoms with Gasteiger partial charge in [0.1, 0.15) is 5.75 Å². The van der Waals surface area contributed by atoms with Crippen molar-refractivity contribution in [3.8, 4) is 5.75 Å². The summed E-state index contributed by atoms with van der Waals surface area (Å²) in [6.45, 7) is 7.03. The van der Waals surface area contributed by atoms with Crippen LogP contribution < -0.4 is 4.74 Å². The minimum absolute atomic E-state index is 0.336. The third kappa shape index (κ3) is 2.95. The summed E-state index contributed by atoms with van der Waals surface area (Å²) in [5, 5.41) is 1.22. The summed E-state index contributed by atoms with van der Waals surface area (Å²) in [7, 11) is 3.84. The van der Waals surface area contributed by atoms with Crippen molar-refractivity contribution < 1.29 is 4.74 Å². The van der Waals surface area contributed by atoms with Crippen LogP contribution in [0.15, 0.2) is 42.0 Å². The van der Waals surface area contributed by atoms with Gasteiger partial charge in [0.25, 0.3) is 0 Å². The maximum Gasteiger partial charge on any atom is 0.119 e. The van der Waals surface area contributed by atoms with Crippen LogP contribution in [0.2, 0.25) is 0 Å². The summed E-state index contributed by atoms with van der Waals surface area (Å²) >= 11 is 0. The van der Waals surface area contributed by atoms with Crippen LogP contribution >= 0.6 is 0 Å². The molecule has 0 N–H and O–H groups in total. The van der Waals surface area contributed by atoms with Gasteiger partial charge in [-0.2, -0.15) is 0 Å². The van der Waals surface area contributed by atoms with E-state index in [9.17, 15) is 0 Å². The molecule has 0 amide bonds. The van der Waals surface area contributed by atoms with Gasteiger partial charge < -0.3 is 9.30 Å². The van der Waals surface area contributed by atoms with E-state index < -0.39 is 0 Å². The lowest BCUT2D eigenvalue weighted by Gasteiger charge is -2.36. The Bertz CT molecular complexity index is 776. The summed E-state index contributed by atoms with van der Waals surface area (Å²) in [4.78, 5) is 0. The van der Waals surface area contributed by atoms with Crippen LogP contribution in [0.3, 0.4) is 0 Å². The minimum Gasteiger partial charge on any atom is -0.497 e. The number of hydrogen-bond acceptors (Lipinski definition) is 1. The first kappa shape index (κ1) is 15.9. The lowest BCUT2D eigenvalue weighted by Crippen LogP contribution is -2.26. The molecule has 1 aromatic heterocycles. The molecule has 0 bridgehead atoms. The van der Waals surface area contributed by atoms with E-state index in [1.54, 1.807) is 7.11 Å². The fraction of sp³-hybridized carbons (Fsp3) is 0.429. The standard InChI is InChI=1S/C21H27NO/c1-15-7-6-12-21(2,3)19(15)10-8-17-13-16-14-18(23-5)9-11-20(16)22(17)4/h7-11,13-14,19H,6,12H2,1-5H3/b10-8+. The van der Waals surface area contributed by atoms with E-state index in [0.717, 1.165) is 5.75 Å². The topological polar surface area (TPSA) is 14.2 Å². The fourth-order valence-corrected chi connectivity index (χ4v) is 3.81. The first-order chi connectivity index (χ1) is 10.9. The molecule has 2 aromatic rings. The second-order valence-corrected chi connectivity index (χ2v) is 7.37. The molecule has 3 rings (SSSR count). The van der Waals surface area contributed by atoms with Crippen LogP contribution in [-0.4, -0.2) is 11.7 Å². The Morgan fingerprint density at radius 2 is 2.04 bits per heavy atom. The van der Waals surface area contributed by atoms with E-state index in [2.05, 4.69) is 68.8 Å². The second-order valence-electron chi connectivity index (χ2n) is 7.37. The zero-order valence-electron chi connectivity index (χ0n) is 14.9. The van der Waals surface area contributed by atoms with E-state index in [0.29, 0.717) is 11.3 Å². The monoisotopic (exact) mass is 309 g/mol. The van der Waals surface area contributed by atoms with E-state index in [4.69, 9.17) is 4.74 Å². The summed E-state index contributed by atoms with van der Waals surface area (Å²) < 4.78 is 7.58. The lowest BCUT2D eigenvalue weighted by atomic mass is 9.68. The Kier molecular flexibility index (Phi) is 4.09. The Morgan fingerprint density at radius 1 is 1.26 bits per heavy atom. The fourth-order valence-electron chi connectivity index (χ4n) is 3.81. The van der Waals surface area contributed by atoms with Crippen molar-refractivity contribution in [2.75, 3.05) is 7.11 Å². The highest BCUT2D eigenvalue weighted by molar-refractivity contribution is 5.85. The highest BCUT2D eigenvalue weighted by Gasteiger charge is 2.30. The van der Waals surface area contributed by atoms with Crippen molar-refractivity contribution in [3.63, 3.8) is 0 Å². The predicted octanol–water partition coefficient (Wildman–Crippen LogP) is 5.58. The number of nitrogens with zero attached hydrogens (tertiary/aromatic N) is 1. The molecule has 23 heavy (non-hydrogen) atoms. The van der Waals surface area contributed by atoms with Gasteiger partial charge in [-0.15, -0.1) is 0 Å². The molecule has 0 aliphatic heterocycles. The van der Waals surface area contributed by atoms with Gasteiger partial charge in [0.2, 0.25) is 0 Å². The molecule has 0 spiro atoms. The van der Waals surface area contributed by atoms with Crippen LogP contribution in [0.1, 0.15) is 39.3 Å². The summed E-state index contributed by atoms with van der Waals surface area (Å²) in [6.07, 6.45) is 9.52. The van der Waals surface area contributed by atoms with E-state index in [-0.39, 0.29) is 0 Å². The number of methoxy groups -OCH3 is 1. The molecule has 1 atom stereocenters. The molecular formula is C21H27NO. The predicted molar refractivity (Wildman–Crippen MR) is 98.8 cm³/mol. The van der Waals surface area contributed by atoms with E-state index in [1.807, 2.05) is 6.07 Å². The first-order valence-corrected chi connectivity index (χ1v) is 8.41. The van der Waals surface area contributed by atoms with Crippen molar-refractivity contribution in [1.82, 2.24) is 4.57 Å². The van der Waals surface area contributed by atoms with E-state index in [1.165, 1.54) is 35.0 Å². The van der Waals surface area contributed by atoms with Gasteiger partial charge in [0, 0.05) is 29.6 Å². The minimum atomic E-state index is 0.336. The highest BCUT2D eigenvalue weighted by Crippen LogP contribution is 2.42. The molecule has 2 heteroatoms. The second kappa shape index (κ2) is 5.92. The molecule has 0 radical (unpaired) electrons. The molecule has 1 aliphatic rings. The average molecular weight is 309 g/mol. The highest BCUT2D eigenvalue weighted by atomic mass is 16.5. The maximum absolute atomic E-state index is 5.33. The van der Waals surface area contributed by atoms with Crippen molar-refractivity contribution in [2.24, 2.45) is 18.4 Å². The molecule has 1 unspecified atom stereocenters. The van der Waals surface area contributed by atoms with Crippen LogP contribution in [-0.2, 0) is 7.05 Å². The summed E-state index contributed by atoms with van der Waals surface area (Å²) in [5.74, 6) is 1.43. The molecule has 0 saturated carbocycles. The van der Waals surface area contributed by atoms with E-state index >= 15 is 0 Å². The molecule has 122 valence electrons. The Morgan fingerprint density at radius 3 is 2.74 bits per heavy atom. The Balaban J connectivity index is 1.96. The SMILES string of the molecule is COc1ccc2c(c1)cc(/C=C/C1C(C)=CCCC1(C)C)n2C. The number of aryl methyl sites for hydroxylation is 1.